The van der Waals surface area contributed by atoms with Gasteiger partial charge in [-0.15, -0.1) is 0 Å². The predicted octanol–water partition coefficient (Wildman–Crippen LogP) is 3.67. The molecule has 1 aromatic carbocycles. The number of hydrogen-bond donors (Lipinski definition) is 1. The molecule has 0 aliphatic carbocycles. The van der Waals surface area contributed by atoms with Crippen LogP contribution < -0.4 is 10.1 Å². The smallest absolute Gasteiger partial charge is 0.126 e. The van der Waals surface area contributed by atoms with Gasteiger partial charge in [-0.1, -0.05) is 38.5 Å². The number of unbranched alkanes of at least 4 members (excludes halogenated alkanes) is 1. The summed E-state index contributed by atoms with van der Waals surface area (Å²) in [7, 11) is 0. The van der Waals surface area contributed by atoms with Gasteiger partial charge in [-0.2, -0.15) is 0 Å². The van der Waals surface area contributed by atoms with E-state index < -0.39 is 0 Å². The van der Waals surface area contributed by atoms with Gasteiger partial charge in [0, 0.05) is 12.1 Å². The van der Waals surface area contributed by atoms with Gasteiger partial charge in [-0.3, -0.25) is 0 Å². The van der Waals surface area contributed by atoms with Crippen molar-refractivity contribution in [3.63, 3.8) is 0 Å². The largest absolute Gasteiger partial charge is 0.493 e. The molecule has 17 heavy (non-hydrogen) atoms. The Morgan fingerprint density at radius 3 is 2.71 bits per heavy atom. The Bertz CT molecular complexity index is 323. The first-order valence-corrected chi connectivity index (χ1v) is 6.71. The van der Waals surface area contributed by atoms with E-state index in [1.165, 1.54) is 17.5 Å². The number of nitrogens with one attached hydrogen (secondary N) is 1. The molecule has 2 nitrogen and oxygen atoms in total. The number of hydrogen-bond acceptors (Lipinski definition) is 2. The average molecular weight is 235 g/mol. The van der Waals surface area contributed by atoms with Crippen molar-refractivity contribution in [2.45, 2.75) is 46.6 Å². The van der Waals surface area contributed by atoms with Crippen LogP contribution in [-0.2, 0) is 6.54 Å². The Morgan fingerprint density at radius 2 is 2.00 bits per heavy atom. The lowest BCUT2D eigenvalue weighted by atomic mass is 10.1. The second-order valence-electron chi connectivity index (χ2n) is 4.44. The molecule has 0 saturated heterocycles. The summed E-state index contributed by atoms with van der Waals surface area (Å²) in [6.07, 6.45) is 3.46. The van der Waals surface area contributed by atoms with E-state index in [0.29, 0.717) is 0 Å². The van der Waals surface area contributed by atoms with Gasteiger partial charge in [0.1, 0.15) is 5.75 Å². The van der Waals surface area contributed by atoms with Crippen molar-refractivity contribution in [1.82, 2.24) is 5.32 Å². The van der Waals surface area contributed by atoms with Crippen molar-refractivity contribution in [2.24, 2.45) is 0 Å². The number of ether oxygens (including phenoxy) is 1. The Labute approximate surface area is 105 Å². The van der Waals surface area contributed by atoms with Crippen molar-refractivity contribution in [3.05, 3.63) is 29.3 Å². The van der Waals surface area contributed by atoms with Crippen LogP contribution in [0, 0.1) is 6.92 Å². The highest BCUT2D eigenvalue weighted by Crippen LogP contribution is 2.23. The molecule has 0 unspecified atom stereocenters. The summed E-state index contributed by atoms with van der Waals surface area (Å²) in [5.74, 6) is 1.07. The highest BCUT2D eigenvalue weighted by Gasteiger charge is 2.06. The van der Waals surface area contributed by atoms with E-state index in [1.54, 1.807) is 0 Å². The standard InChI is InChI=1S/C15H25NO/c1-4-6-11-17-15-13(3)8-7-9-14(15)12-16-10-5-2/h7-9,16H,4-6,10-12H2,1-3H3. The molecule has 1 N–H and O–H groups in total. The zero-order valence-corrected chi connectivity index (χ0v) is 11.4. The van der Waals surface area contributed by atoms with Crippen LogP contribution in [0.3, 0.4) is 0 Å². The summed E-state index contributed by atoms with van der Waals surface area (Å²) in [5, 5.41) is 3.43. The normalized spacial score (nSPS) is 10.5. The monoisotopic (exact) mass is 235 g/mol. The molecule has 1 rings (SSSR count). The molecule has 1 aromatic rings. The topological polar surface area (TPSA) is 21.3 Å². The van der Waals surface area contributed by atoms with Gasteiger partial charge in [-0.05, 0) is 31.9 Å². The van der Waals surface area contributed by atoms with Crippen LogP contribution in [0.25, 0.3) is 0 Å². The molecule has 0 aromatic heterocycles. The van der Waals surface area contributed by atoms with E-state index in [1.807, 2.05) is 0 Å². The summed E-state index contributed by atoms with van der Waals surface area (Å²) < 4.78 is 5.90. The van der Waals surface area contributed by atoms with Gasteiger partial charge in [0.2, 0.25) is 0 Å². The Hall–Kier alpha value is -1.02. The van der Waals surface area contributed by atoms with Crippen molar-refractivity contribution in [1.29, 1.82) is 0 Å². The van der Waals surface area contributed by atoms with Gasteiger partial charge >= 0.3 is 0 Å². The quantitative estimate of drug-likeness (QED) is 0.694. The van der Waals surface area contributed by atoms with E-state index >= 15 is 0 Å². The Morgan fingerprint density at radius 1 is 1.18 bits per heavy atom. The van der Waals surface area contributed by atoms with E-state index in [0.717, 1.165) is 38.3 Å². The molecule has 0 aliphatic rings. The summed E-state index contributed by atoms with van der Waals surface area (Å²) in [4.78, 5) is 0. The first kappa shape index (κ1) is 14.0. The second-order valence-corrected chi connectivity index (χ2v) is 4.44. The van der Waals surface area contributed by atoms with E-state index in [-0.39, 0.29) is 0 Å². The van der Waals surface area contributed by atoms with Crippen LogP contribution >= 0.6 is 0 Å². The predicted molar refractivity (Wildman–Crippen MR) is 73.6 cm³/mol. The van der Waals surface area contributed by atoms with Gasteiger partial charge in [0.15, 0.2) is 0 Å². The number of para-hydroxylation sites is 1. The van der Waals surface area contributed by atoms with Crippen LogP contribution in [0.5, 0.6) is 5.75 Å². The van der Waals surface area contributed by atoms with Crippen LogP contribution in [0.2, 0.25) is 0 Å². The minimum absolute atomic E-state index is 0.822. The molecular weight excluding hydrogens is 210 g/mol. The summed E-state index contributed by atoms with van der Waals surface area (Å²) in [6, 6.07) is 6.37. The van der Waals surface area contributed by atoms with Crippen LogP contribution in [0.4, 0.5) is 0 Å². The molecule has 0 fully saturated rings. The van der Waals surface area contributed by atoms with E-state index in [4.69, 9.17) is 4.74 Å². The minimum Gasteiger partial charge on any atom is -0.493 e. The molecule has 0 spiro atoms. The van der Waals surface area contributed by atoms with Crippen LogP contribution in [-0.4, -0.2) is 13.2 Å². The Kier molecular flexibility index (Phi) is 6.71. The number of benzene rings is 1. The summed E-state index contributed by atoms with van der Waals surface area (Å²) in [5.41, 5.74) is 2.51. The van der Waals surface area contributed by atoms with Gasteiger partial charge in [0.05, 0.1) is 6.61 Å². The third kappa shape index (κ3) is 4.78. The lowest BCUT2D eigenvalue weighted by Gasteiger charge is -2.14. The van der Waals surface area contributed by atoms with Crippen LogP contribution in [0.15, 0.2) is 18.2 Å². The zero-order chi connectivity index (χ0) is 12.5. The average Bonchev–Trinajstić information content (AvgIpc) is 2.33. The molecule has 0 saturated carbocycles. The Balaban J connectivity index is 2.63. The zero-order valence-electron chi connectivity index (χ0n) is 11.4. The van der Waals surface area contributed by atoms with Crippen molar-refractivity contribution in [3.8, 4) is 5.75 Å². The minimum atomic E-state index is 0.822. The first-order chi connectivity index (χ1) is 8.29. The molecule has 0 radical (unpaired) electrons. The molecule has 0 amide bonds. The molecular formula is C15H25NO. The van der Waals surface area contributed by atoms with Gasteiger partial charge in [-0.25, -0.2) is 0 Å². The SMILES string of the molecule is CCCCOc1c(C)cccc1CNCCC. The third-order valence-electron chi connectivity index (χ3n) is 2.78. The molecule has 0 atom stereocenters. The maximum absolute atomic E-state index is 5.90. The number of rotatable bonds is 8. The molecule has 0 heterocycles. The summed E-state index contributed by atoms with van der Waals surface area (Å²) in [6.45, 7) is 9.26. The fourth-order valence-electron chi connectivity index (χ4n) is 1.78. The summed E-state index contributed by atoms with van der Waals surface area (Å²) >= 11 is 0. The van der Waals surface area contributed by atoms with E-state index in [9.17, 15) is 0 Å². The molecule has 0 aliphatic heterocycles. The fraction of sp³-hybridized carbons (Fsp3) is 0.600. The van der Waals surface area contributed by atoms with Crippen molar-refractivity contribution < 1.29 is 4.74 Å². The lowest BCUT2D eigenvalue weighted by Crippen LogP contribution is -2.15. The molecule has 96 valence electrons. The van der Waals surface area contributed by atoms with Crippen LogP contribution in [0.1, 0.15) is 44.2 Å². The van der Waals surface area contributed by atoms with Gasteiger partial charge < -0.3 is 10.1 Å². The van der Waals surface area contributed by atoms with Crippen molar-refractivity contribution in [2.75, 3.05) is 13.2 Å². The molecule has 2 heteroatoms. The number of aryl methyl sites for hydroxylation is 1. The molecule has 0 bridgehead atoms. The maximum Gasteiger partial charge on any atom is 0.126 e. The second kappa shape index (κ2) is 8.13. The van der Waals surface area contributed by atoms with Gasteiger partial charge in [0.25, 0.3) is 0 Å². The first-order valence-electron chi connectivity index (χ1n) is 6.71. The van der Waals surface area contributed by atoms with Crippen molar-refractivity contribution >= 4 is 0 Å². The third-order valence-corrected chi connectivity index (χ3v) is 2.78. The maximum atomic E-state index is 5.90. The lowest BCUT2D eigenvalue weighted by molar-refractivity contribution is 0.303. The highest BCUT2D eigenvalue weighted by atomic mass is 16.5. The fourth-order valence-corrected chi connectivity index (χ4v) is 1.78. The van der Waals surface area contributed by atoms with E-state index in [2.05, 4.69) is 44.3 Å². The highest BCUT2D eigenvalue weighted by molar-refractivity contribution is 5.40.